The number of nitrogens with two attached hydrogens (primary N) is 1. The van der Waals surface area contributed by atoms with E-state index in [1.165, 1.54) is 11.8 Å². The Morgan fingerprint density at radius 1 is 1.38 bits per heavy atom. The van der Waals surface area contributed by atoms with E-state index in [1.54, 1.807) is 0 Å². The molecular weight excluding hydrogens is 348 g/mol. The molecule has 6 nitrogen and oxygen atoms in total. The van der Waals surface area contributed by atoms with Gasteiger partial charge in [0.15, 0.2) is 17.1 Å². The molecule has 0 spiro atoms. The Morgan fingerprint density at radius 2 is 2.00 bits per heavy atom. The van der Waals surface area contributed by atoms with E-state index in [4.69, 9.17) is 22.1 Å². The fourth-order valence-electron chi connectivity index (χ4n) is 2.37. The van der Waals surface area contributed by atoms with E-state index in [0.29, 0.717) is 17.5 Å². The monoisotopic (exact) mass is 368 g/mol. The van der Waals surface area contributed by atoms with Gasteiger partial charge in [0.05, 0.1) is 5.75 Å². The average molecular weight is 369 g/mol. The Hall–Kier alpha value is -1.73. The number of primary amides is 1. The van der Waals surface area contributed by atoms with Crippen LogP contribution >= 0.6 is 23.4 Å². The summed E-state index contributed by atoms with van der Waals surface area (Å²) in [7, 11) is 0. The van der Waals surface area contributed by atoms with E-state index in [-0.39, 0.29) is 17.8 Å². The molecular formula is C16H21ClN4O2S. The summed E-state index contributed by atoms with van der Waals surface area (Å²) in [5.74, 6) is 1.22. The molecule has 2 rings (SSSR count). The first-order valence-corrected chi connectivity index (χ1v) is 8.97. The third-order valence-electron chi connectivity index (χ3n) is 3.49. The number of hydrogen-bond donors (Lipinski definition) is 1. The molecule has 0 bridgehead atoms. The van der Waals surface area contributed by atoms with Crippen LogP contribution in [0.5, 0.6) is 5.75 Å². The Kier molecular flexibility index (Phi) is 6.12. The molecule has 2 N–H and O–H groups in total. The summed E-state index contributed by atoms with van der Waals surface area (Å²) in [5, 5.41) is 9.75. The van der Waals surface area contributed by atoms with Gasteiger partial charge in [-0.05, 0) is 51.0 Å². The number of aromatic nitrogens is 3. The van der Waals surface area contributed by atoms with E-state index in [1.807, 2.05) is 44.4 Å². The molecule has 8 heteroatoms. The number of hydrogen-bond acceptors (Lipinski definition) is 5. The van der Waals surface area contributed by atoms with Crippen LogP contribution in [0.3, 0.4) is 0 Å². The zero-order valence-corrected chi connectivity index (χ0v) is 15.7. The van der Waals surface area contributed by atoms with E-state index in [0.717, 1.165) is 21.9 Å². The first kappa shape index (κ1) is 18.6. The minimum Gasteiger partial charge on any atom is -0.483 e. The maximum absolute atomic E-state index is 11.0. The second-order valence-corrected chi connectivity index (χ2v) is 6.79. The number of carbonyl (C=O) groups is 1. The second-order valence-electron chi connectivity index (χ2n) is 5.47. The van der Waals surface area contributed by atoms with Crippen LogP contribution in [0.25, 0.3) is 0 Å². The Balaban J connectivity index is 2.20. The fraction of sp³-hybridized carbons (Fsp3) is 0.438. The highest BCUT2D eigenvalue weighted by molar-refractivity contribution is 7.99. The van der Waals surface area contributed by atoms with Crippen molar-refractivity contribution in [3.05, 3.63) is 34.1 Å². The van der Waals surface area contributed by atoms with Gasteiger partial charge in [-0.2, -0.15) is 0 Å². The van der Waals surface area contributed by atoms with Crippen LogP contribution in [-0.4, -0.2) is 26.4 Å². The molecule has 1 unspecified atom stereocenters. The molecule has 0 aliphatic carbocycles. The standard InChI is InChI=1S/C16H21ClN4O2S/c1-5-21-15(19-20-16(21)24-8-13(18)22)11(4)23-12-6-9(2)14(17)10(3)7-12/h6-7,11H,5,8H2,1-4H3,(H2,18,22). The number of amides is 1. The van der Waals surface area contributed by atoms with Crippen LogP contribution in [0, 0.1) is 13.8 Å². The summed E-state index contributed by atoms with van der Waals surface area (Å²) in [6.45, 7) is 8.47. The minimum absolute atomic E-state index is 0.170. The Bertz CT molecular complexity index is 725. The number of benzene rings is 1. The van der Waals surface area contributed by atoms with Crippen LogP contribution in [-0.2, 0) is 11.3 Å². The lowest BCUT2D eigenvalue weighted by Gasteiger charge is -2.17. The molecule has 2 aromatic rings. The van der Waals surface area contributed by atoms with Crippen molar-refractivity contribution in [3.63, 3.8) is 0 Å². The molecule has 1 aromatic carbocycles. The minimum atomic E-state index is -0.386. The molecule has 0 saturated heterocycles. The molecule has 130 valence electrons. The van der Waals surface area contributed by atoms with Crippen molar-refractivity contribution >= 4 is 29.3 Å². The Labute approximate surface area is 150 Å². The van der Waals surface area contributed by atoms with Crippen LogP contribution < -0.4 is 10.5 Å². The van der Waals surface area contributed by atoms with Gasteiger partial charge in [0, 0.05) is 11.6 Å². The summed E-state index contributed by atoms with van der Waals surface area (Å²) in [5.41, 5.74) is 7.12. The molecule has 0 aliphatic heterocycles. The number of carbonyl (C=O) groups excluding carboxylic acids is 1. The third kappa shape index (κ3) is 4.21. The summed E-state index contributed by atoms with van der Waals surface area (Å²) in [6.07, 6.45) is -0.291. The second kappa shape index (κ2) is 7.90. The number of thioether (sulfide) groups is 1. The van der Waals surface area contributed by atoms with Gasteiger partial charge in [-0.15, -0.1) is 10.2 Å². The lowest BCUT2D eigenvalue weighted by Crippen LogP contribution is -2.15. The topological polar surface area (TPSA) is 83.0 Å². The van der Waals surface area contributed by atoms with Crippen molar-refractivity contribution in [3.8, 4) is 5.75 Å². The first-order chi connectivity index (χ1) is 11.3. The third-order valence-corrected chi connectivity index (χ3v) is 5.08. The van der Waals surface area contributed by atoms with Crippen molar-refractivity contribution in [2.45, 2.75) is 45.5 Å². The van der Waals surface area contributed by atoms with Gasteiger partial charge in [-0.3, -0.25) is 4.79 Å². The molecule has 0 fully saturated rings. The normalized spacial score (nSPS) is 12.2. The van der Waals surface area contributed by atoms with Crippen LogP contribution in [0.15, 0.2) is 17.3 Å². The van der Waals surface area contributed by atoms with Gasteiger partial charge >= 0.3 is 0 Å². The number of aryl methyl sites for hydroxylation is 2. The molecule has 1 heterocycles. The maximum Gasteiger partial charge on any atom is 0.227 e. The number of ether oxygens (including phenoxy) is 1. The zero-order valence-electron chi connectivity index (χ0n) is 14.2. The first-order valence-electron chi connectivity index (χ1n) is 7.61. The number of nitrogens with zero attached hydrogens (tertiary/aromatic N) is 3. The van der Waals surface area contributed by atoms with Gasteiger partial charge in [0.1, 0.15) is 5.75 Å². The van der Waals surface area contributed by atoms with Crippen LogP contribution in [0.2, 0.25) is 5.02 Å². The van der Waals surface area contributed by atoms with Crippen molar-refractivity contribution in [1.29, 1.82) is 0 Å². The van der Waals surface area contributed by atoms with Gasteiger partial charge in [-0.25, -0.2) is 0 Å². The molecule has 24 heavy (non-hydrogen) atoms. The molecule has 1 amide bonds. The molecule has 1 atom stereocenters. The highest BCUT2D eigenvalue weighted by atomic mass is 35.5. The molecule has 1 aromatic heterocycles. The van der Waals surface area contributed by atoms with Crippen LogP contribution in [0.4, 0.5) is 0 Å². The maximum atomic E-state index is 11.0. The van der Waals surface area contributed by atoms with E-state index < -0.39 is 0 Å². The van der Waals surface area contributed by atoms with Crippen molar-refractivity contribution in [1.82, 2.24) is 14.8 Å². The smallest absolute Gasteiger partial charge is 0.227 e. The lowest BCUT2D eigenvalue weighted by molar-refractivity contribution is -0.115. The average Bonchev–Trinajstić information content (AvgIpc) is 2.93. The van der Waals surface area contributed by atoms with Crippen molar-refractivity contribution in [2.75, 3.05) is 5.75 Å². The fourth-order valence-corrected chi connectivity index (χ4v) is 3.23. The van der Waals surface area contributed by atoms with E-state index in [9.17, 15) is 4.79 Å². The van der Waals surface area contributed by atoms with E-state index in [2.05, 4.69) is 10.2 Å². The van der Waals surface area contributed by atoms with Gasteiger partial charge in [-0.1, -0.05) is 23.4 Å². The Morgan fingerprint density at radius 3 is 2.54 bits per heavy atom. The summed E-state index contributed by atoms with van der Waals surface area (Å²) < 4.78 is 7.94. The predicted octanol–water partition coefficient (Wildman–Crippen LogP) is 3.29. The van der Waals surface area contributed by atoms with Crippen molar-refractivity contribution in [2.24, 2.45) is 5.73 Å². The zero-order chi connectivity index (χ0) is 17.9. The van der Waals surface area contributed by atoms with Crippen LogP contribution in [0.1, 0.15) is 36.9 Å². The highest BCUT2D eigenvalue weighted by Gasteiger charge is 2.19. The SMILES string of the molecule is CCn1c(SCC(N)=O)nnc1C(C)Oc1cc(C)c(Cl)c(C)c1. The van der Waals surface area contributed by atoms with E-state index >= 15 is 0 Å². The molecule has 0 radical (unpaired) electrons. The number of halogens is 1. The highest BCUT2D eigenvalue weighted by Crippen LogP contribution is 2.29. The molecule has 0 aliphatic rings. The predicted molar refractivity (Wildman–Crippen MR) is 95.6 cm³/mol. The van der Waals surface area contributed by atoms with Gasteiger partial charge in [0.2, 0.25) is 5.91 Å². The summed E-state index contributed by atoms with van der Waals surface area (Å²) in [6, 6.07) is 3.81. The lowest BCUT2D eigenvalue weighted by atomic mass is 10.1. The van der Waals surface area contributed by atoms with Gasteiger partial charge in [0.25, 0.3) is 0 Å². The summed E-state index contributed by atoms with van der Waals surface area (Å²) >= 11 is 7.46. The number of rotatable bonds is 7. The molecule has 0 saturated carbocycles. The quantitative estimate of drug-likeness (QED) is 0.758. The summed E-state index contributed by atoms with van der Waals surface area (Å²) in [4.78, 5) is 11.0. The largest absolute Gasteiger partial charge is 0.483 e. The van der Waals surface area contributed by atoms with Gasteiger partial charge < -0.3 is 15.0 Å². The van der Waals surface area contributed by atoms with Crippen molar-refractivity contribution < 1.29 is 9.53 Å².